The van der Waals surface area contributed by atoms with Gasteiger partial charge in [0.15, 0.2) is 0 Å². The van der Waals surface area contributed by atoms with E-state index in [1.54, 1.807) is 0 Å². The summed E-state index contributed by atoms with van der Waals surface area (Å²) in [5.41, 5.74) is 2.59. The number of nitrogens with one attached hydrogen (secondary N) is 1. The second-order valence-electron chi connectivity index (χ2n) is 4.91. The molecule has 0 radical (unpaired) electrons. The number of nitrogens with zero attached hydrogens (tertiary/aromatic N) is 1. The highest BCUT2D eigenvalue weighted by molar-refractivity contribution is 5.46. The number of ether oxygens (including phenoxy) is 1. The lowest BCUT2D eigenvalue weighted by atomic mass is 10.2. The summed E-state index contributed by atoms with van der Waals surface area (Å²) in [6.45, 7) is 9.02. The lowest BCUT2D eigenvalue weighted by Crippen LogP contribution is -2.29. The molecule has 1 aromatic carbocycles. The van der Waals surface area contributed by atoms with Crippen molar-refractivity contribution in [2.75, 3.05) is 44.8 Å². The Hall–Kier alpha value is -1.06. The van der Waals surface area contributed by atoms with Gasteiger partial charge in [-0.3, -0.25) is 0 Å². The third-order valence-electron chi connectivity index (χ3n) is 3.20. The van der Waals surface area contributed by atoms with Crippen molar-refractivity contribution < 1.29 is 4.74 Å². The van der Waals surface area contributed by atoms with Crippen LogP contribution in [0.1, 0.15) is 25.3 Å². The highest BCUT2D eigenvalue weighted by atomic mass is 16.5. The minimum atomic E-state index is 0.828. The zero-order valence-corrected chi connectivity index (χ0v) is 12.6. The fourth-order valence-corrected chi connectivity index (χ4v) is 1.90. The second kappa shape index (κ2) is 9.82. The van der Waals surface area contributed by atoms with Gasteiger partial charge in [-0.05, 0) is 45.4 Å². The molecule has 0 bridgehead atoms. The van der Waals surface area contributed by atoms with E-state index >= 15 is 0 Å². The molecule has 0 atom stereocenters. The first kappa shape index (κ1) is 16.0. The van der Waals surface area contributed by atoms with Gasteiger partial charge in [0.25, 0.3) is 0 Å². The minimum Gasteiger partial charge on any atom is -0.382 e. The molecule has 0 aliphatic rings. The predicted molar refractivity (Wildman–Crippen MR) is 83.0 cm³/mol. The fourth-order valence-electron chi connectivity index (χ4n) is 1.90. The van der Waals surface area contributed by atoms with Gasteiger partial charge >= 0.3 is 0 Å². The van der Waals surface area contributed by atoms with Crippen molar-refractivity contribution in [3.63, 3.8) is 0 Å². The molecule has 1 N–H and O–H groups in total. The van der Waals surface area contributed by atoms with Crippen molar-refractivity contribution >= 4 is 5.69 Å². The van der Waals surface area contributed by atoms with E-state index in [0.717, 1.165) is 39.3 Å². The number of anilines is 1. The Morgan fingerprint density at radius 3 is 2.53 bits per heavy atom. The van der Waals surface area contributed by atoms with Crippen molar-refractivity contribution in [2.24, 2.45) is 0 Å². The van der Waals surface area contributed by atoms with Crippen LogP contribution >= 0.6 is 0 Å². The molecule has 1 aromatic rings. The molecule has 0 aromatic heterocycles. The SMILES string of the molecule is CCOCCCCNCCN(C)c1ccc(C)cc1. The first-order valence-electron chi connectivity index (χ1n) is 7.30. The monoisotopic (exact) mass is 264 g/mol. The fraction of sp³-hybridized carbons (Fsp3) is 0.625. The second-order valence-corrected chi connectivity index (χ2v) is 4.91. The van der Waals surface area contributed by atoms with E-state index in [9.17, 15) is 0 Å². The summed E-state index contributed by atoms with van der Waals surface area (Å²) in [5, 5.41) is 3.48. The van der Waals surface area contributed by atoms with Gasteiger partial charge in [0.05, 0.1) is 0 Å². The average Bonchev–Trinajstić information content (AvgIpc) is 2.42. The molecular weight excluding hydrogens is 236 g/mol. The Labute approximate surface area is 118 Å². The zero-order valence-electron chi connectivity index (χ0n) is 12.6. The summed E-state index contributed by atoms with van der Waals surface area (Å²) in [5.74, 6) is 0. The number of rotatable bonds is 10. The molecule has 0 amide bonds. The number of unbranched alkanes of at least 4 members (excludes halogenated alkanes) is 1. The van der Waals surface area contributed by atoms with Gasteiger partial charge < -0.3 is 15.0 Å². The third kappa shape index (κ3) is 7.19. The molecule has 0 saturated carbocycles. The molecule has 0 aliphatic heterocycles. The van der Waals surface area contributed by atoms with E-state index in [1.807, 2.05) is 6.92 Å². The molecule has 0 heterocycles. The van der Waals surface area contributed by atoms with Crippen LogP contribution in [0.4, 0.5) is 5.69 Å². The maximum Gasteiger partial charge on any atom is 0.0466 e. The molecular formula is C16H28N2O. The van der Waals surface area contributed by atoms with E-state index in [-0.39, 0.29) is 0 Å². The molecule has 3 nitrogen and oxygen atoms in total. The van der Waals surface area contributed by atoms with Gasteiger partial charge in [-0.2, -0.15) is 0 Å². The third-order valence-corrected chi connectivity index (χ3v) is 3.20. The van der Waals surface area contributed by atoms with Crippen LogP contribution in [-0.4, -0.2) is 39.9 Å². The predicted octanol–water partition coefficient (Wildman–Crippen LogP) is 2.84. The largest absolute Gasteiger partial charge is 0.382 e. The molecule has 108 valence electrons. The maximum absolute atomic E-state index is 5.31. The first-order chi connectivity index (χ1) is 9.24. The minimum absolute atomic E-state index is 0.828. The Bertz CT molecular complexity index is 324. The smallest absolute Gasteiger partial charge is 0.0466 e. The van der Waals surface area contributed by atoms with Crippen LogP contribution < -0.4 is 10.2 Å². The summed E-state index contributed by atoms with van der Waals surface area (Å²) < 4.78 is 5.31. The van der Waals surface area contributed by atoms with Crippen LogP contribution in [0.15, 0.2) is 24.3 Å². The highest BCUT2D eigenvalue weighted by Crippen LogP contribution is 2.12. The number of benzene rings is 1. The lowest BCUT2D eigenvalue weighted by Gasteiger charge is -2.19. The van der Waals surface area contributed by atoms with Crippen LogP contribution in [0.2, 0.25) is 0 Å². The number of likely N-dealkylation sites (N-methyl/N-ethyl adjacent to an activating group) is 1. The standard InChI is InChI=1S/C16H28N2O/c1-4-19-14-6-5-11-17-12-13-18(3)16-9-7-15(2)8-10-16/h7-10,17H,4-6,11-14H2,1-3H3. The topological polar surface area (TPSA) is 24.5 Å². The molecule has 0 unspecified atom stereocenters. The van der Waals surface area contributed by atoms with E-state index < -0.39 is 0 Å². The summed E-state index contributed by atoms with van der Waals surface area (Å²) in [6.07, 6.45) is 2.34. The molecule has 3 heteroatoms. The maximum atomic E-state index is 5.31. The molecule has 0 saturated heterocycles. The van der Waals surface area contributed by atoms with Gasteiger partial charge in [0.1, 0.15) is 0 Å². The van der Waals surface area contributed by atoms with Crippen LogP contribution in [-0.2, 0) is 4.74 Å². The van der Waals surface area contributed by atoms with Crippen molar-refractivity contribution in [1.82, 2.24) is 5.32 Å². The van der Waals surface area contributed by atoms with Gasteiger partial charge in [0, 0.05) is 39.0 Å². The van der Waals surface area contributed by atoms with Crippen molar-refractivity contribution in [2.45, 2.75) is 26.7 Å². The average molecular weight is 264 g/mol. The van der Waals surface area contributed by atoms with E-state index in [4.69, 9.17) is 4.74 Å². The van der Waals surface area contributed by atoms with Gasteiger partial charge in [0.2, 0.25) is 0 Å². The molecule has 0 spiro atoms. The summed E-state index contributed by atoms with van der Waals surface area (Å²) >= 11 is 0. The van der Waals surface area contributed by atoms with E-state index in [1.165, 1.54) is 17.7 Å². The van der Waals surface area contributed by atoms with Crippen LogP contribution in [0.3, 0.4) is 0 Å². The molecule has 0 fully saturated rings. The van der Waals surface area contributed by atoms with E-state index in [0.29, 0.717) is 0 Å². The Kier molecular flexibility index (Phi) is 8.26. The van der Waals surface area contributed by atoms with Crippen LogP contribution in [0, 0.1) is 6.92 Å². The van der Waals surface area contributed by atoms with Gasteiger partial charge in [-0.15, -0.1) is 0 Å². The summed E-state index contributed by atoms with van der Waals surface area (Å²) in [6, 6.07) is 8.68. The molecule has 19 heavy (non-hydrogen) atoms. The normalized spacial score (nSPS) is 10.7. The molecule has 0 aliphatic carbocycles. The van der Waals surface area contributed by atoms with Gasteiger partial charge in [-0.1, -0.05) is 17.7 Å². The van der Waals surface area contributed by atoms with Gasteiger partial charge in [-0.25, -0.2) is 0 Å². The number of hydrogen-bond donors (Lipinski definition) is 1. The lowest BCUT2D eigenvalue weighted by molar-refractivity contribution is 0.143. The van der Waals surface area contributed by atoms with Crippen molar-refractivity contribution in [3.8, 4) is 0 Å². The Balaban J connectivity index is 2.04. The summed E-state index contributed by atoms with van der Waals surface area (Å²) in [4.78, 5) is 2.28. The number of aryl methyl sites for hydroxylation is 1. The quantitative estimate of drug-likeness (QED) is 0.658. The van der Waals surface area contributed by atoms with Crippen LogP contribution in [0.25, 0.3) is 0 Å². The molecule has 1 rings (SSSR count). The zero-order chi connectivity index (χ0) is 13.9. The Morgan fingerprint density at radius 1 is 1.11 bits per heavy atom. The summed E-state index contributed by atoms with van der Waals surface area (Å²) in [7, 11) is 2.14. The van der Waals surface area contributed by atoms with E-state index in [2.05, 4.69) is 48.5 Å². The number of hydrogen-bond acceptors (Lipinski definition) is 3. The first-order valence-corrected chi connectivity index (χ1v) is 7.30. The Morgan fingerprint density at radius 2 is 1.84 bits per heavy atom. The van der Waals surface area contributed by atoms with Crippen molar-refractivity contribution in [1.29, 1.82) is 0 Å². The van der Waals surface area contributed by atoms with Crippen molar-refractivity contribution in [3.05, 3.63) is 29.8 Å². The highest BCUT2D eigenvalue weighted by Gasteiger charge is 1.99. The van der Waals surface area contributed by atoms with Crippen LogP contribution in [0.5, 0.6) is 0 Å².